The molecule has 0 saturated heterocycles. The number of rotatable bonds is 3. The summed E-state index contributed by atoms with van der Waals surface area (Å²) in [5.74, 6) is 0.548. The maximum Gasteiger partial charge on any atom is 0.205 e. The molecular weight excluding hydrogens is 287 g/mol. The van der Waals surface area contributed by atoms with Gasteiger partial charge in [0.05, 0.1) is 21.9 Å². The first kappa shape index (κ1) is 11.9. The van der Waals surface area contributed by atoms with Crippen LogP contribution in [0.25, 0.3) is 0 Å². The number of methoxy groups -OCH3 is 1. The monoisotopic (exact) mass is 292 g/mol. The van der Waals surface area contributed by atoms with Crippen molar-refractivity contribution in [2.75, 3.05) is 7.11 Å². The van der Waals surface area contributed by atoms with Crippen LogP contribution < -0.4 is 4.74 Å². The fraction of sp³-hybridized carbons (Fsp3) is 0.100. The molecule has 84 valence electrons. The Kier molecular flexibility index (Phi) is 3.54. The Labute approximate surface area is 110 Å². The predicted octanol–water partition coefficient (Wildman–Crippen LogP) is 4.36. The Morgan fingerprint density at radius 1 is 1.38 bits per heavy atom. The van der Waals surface area contributed by atoms with E-state index in [0.717, 1.165) is 0 Å². The minimum atomic E-state index is -0.124. The lowest BCUT2D eigenvalue weighted by molar-refractivity contribution is 0.104. The summed E-state index contributed by atoms with van der Waals surface area (Å²) in [5.41, 5.74) is 0.446. The Morgan fingerprint density at radius 2 is 2.12 bits per heavy atom. The zero-order valence-electron chi connectivity index (χ0n) is 8.12. The smallest absolute Gasteiger partial charge is 0.205 e. The predicted molar refractivity (Wildman–Crippen MR) is 68.6 cm³/mol. The summed E-state index contributed by atoms with van der Waals surface area (Å²) in [6.45, 7) is 0. The Morgan fingerprint density at radius 3 is 2.62 bits per heavy atom. The molecule has 0 unspecified atom stereocenters. The maximum atomic E-state index is 12.0. The number of ketones is 1. The molecule has 2 rings (SSSR count). The average molecular weight is 293 g/mol. The van der Waals surface area contributed by atoms with Gasteiger partial charge in [-0.1, -0.05) is 23.2 Å². The van der Waals surface area contributed by atoms with Gasteiger partial charge in [0.25, 0.3) is 0 Å². The van der Waals surface area contributed by atoms with Crippen LogP contribution in [0.4, 0.5) is 0 Å². The molecule has 0 aliphatic heterocycles. The first-order valence-corrected chi connectivity index (χ1v) is 6.69. The summed E-state index contributed by atoms with van der Waals surface area (Å²) in [4.78, 5) is 12.6. The largest absolute Gasteiger partial charge is 0.496 e. The number of hydrogen-bond donors (Lipinski definition) is 0. The summed E-state index contributed by atoms with van der Waals surface area (Å²) >= 11 is 14.2. The molecular formula is C10H6Cl2O2S2. The molecule has 2 nitrogen and oxygen atoms in total. The molecule has 0 bridgehead atoms. The molecule has 2 heterocycles. The summed E-state index contributed by atoms with van der Waals surface area (Å²) in [5, 5.41) is 1.77. The zero-order valence-corrected chi connectivity index (χ0v) is 11.3. The molecule has 0 atom stereocenters. The second kappa shape index (κ2) is 4.75. The summed E-state index contributed by atoms with van der Waals surface area (Å²) in [6, 6.07) is 3.28. The minimum Gasteiger partial charge on any atom is -0.496 e. The van der Waals surface area contributed by atoms with E-state index in [-0.39, 0.29) is 5.78 Å². The second-order valence-electron chi connectivity index (χ2n) is 2.92. The van der Waals surface area contributed by atoms with Gasteiger partial charge in [0.15, 0.2) is 0 Å². The number of halogens is 2. The molecule has 0 spiro atoms. The fourth-order valence-electron chi connectivity index (χ4n) is 1.17. The Balaban J connectivity index is 2.35. The van der Waals surface area contributed by atoms with Crippen LogP contribution in [0.1, 0.15) is 15.2 Å². The van der Waals surface area contributed by atoms with Gasteiger partial charge < -0.3 is 4.74 Å². The SMILES string of the molecule is COc1csc(C(=O)c2cc(Cl)sc2Cl)c1. The summed E-state index contributed by atoms with van der Waals surface area (Å²) < 4.78 is 5.95. The standard InChI is InChI=1S/C10H6Cl2O2S2/c1-14-5-2-7(15-4-5)9(13)6-3-8(11)16-10(6)12/h2-4H,1H3. The highest BCUT2D eigenvalue weighted by Gasteiger charge is 2.17. The molecule has 6 heteroatoms. The lowest BCUT2D eigenvalue weighted by Crippen LogP contribution is -1.96. The fourth-order valence-corrected chi connectivity index (χ4v) is 3.44. The van der Waals surface area contributed by atoms with Crippen molar-refractivity contribution in [2.24, 2.45) is 0 Å². The molecule has 0 fully saturated rings. The number of ether oxygens (including phenoxy) is 1. The first-order valence-electron chi connectivity index (χ1n) is 4.24. The third kappa shape index (κ3) is 2.25. The van der Waals surface area contributed by atoms with E-state index in [4.69, 9.17) is 27.9 Å². The maximum absolute atomic E-state index is 12.0. The normalized spacial score (nSPS) is 10.4. The van der Waals surface area contributed by atoms with E-state index in [0.29, 0.717) is 24.9 Å². The van der Waals surface area contributed by atoms with Crippen molar-refractivity contribution < 1.29 is 9.53 Å². The van der Waals surface area contributed by atoms with Crippen LogP contribution in [0.3, 0.4) is 0 Å². The summed E-state index contributed by atoms with van der Waals surface area (Å²) in [7, 11) is 1.56. The molecule has 0 aliphatic rings. The number of hydrogen-bond acceptors (Lipinski definition) is 4. The lowest BCUT2D eigenvalue weighted by atomic mass is 10.2. The van der Waals surface area contributed by atoms with Crippen molar-refractivity contribution in [2.45, 2.75) is 0 Å². The summed E-state index contributed by atoms with van der Waals surface area (Å²) in [6.07, 6.45) is 0. The molecule has 0 aliphatic carbocycles. The van der Waals surface area contributed by atoms with Crippen molar-refractivity contribution >= 4 is 51.7 Å². The van der Waals surface area contributed by atoms with Crippen molar-refractivity contribution in [3.63, 3.8) is 0 Å². The van der Waals surface area contributed by atoms with Gasteiger partial charge in [0.1, 0.15) is 10.1 Å². The van der Waals surface area contributed by atoms with Crippen LogP contribution in [0, 0.1) is 0 Å². The third-order valence-corrected chi connectivity index (χ3v) is 4.33. The minimum absolute atomic E-state index is 0.124. The number of thiophene rings is 2. The zero-order chi connectivity index (χ0) is 11.7. The van der Waals surface area contributed by atoms with Gasteiger partial charge in [-0.15, -0.1) is 22.7 Å². The third-order valence-electron chi connectivity index (χ3n) is 1.94. The molecule has 0 N–H and O–H groups in total. The van der Waals surface area contributed by atoms with E-state index in [2.05, 4.69) is 0 Å². The highest BCUT2D eigenvalue weighted by atomic mass is 35.5. The van der Waals surface area contributed by atoms with Crippen LogP contribution in [-0.4, -0.2) is 12.9 Å². The van der Waals surface area contributed by atoms with Gasteiger partial charge >= 0.3 is 0 Å². The highest BCUT2D eigenvalue weighted by molar-refractivity contribution is 7.20. The lowest BCUT2D eigenvalue weighted by Gasteiger charge is -1.94. The van der Waals surface area contributed by atoms with E-state index in [1.807, 2.05) is 0 Å². The van der Waals surface area contributed by atoms with Crippen LogP contribution >= 0.6 is 45.9 Å². The highest BCUT2D eigenvalue weighted by Crippen LogP contribution is 2.34. The quantitative estimate of drug-likeness (QED) is 0.786. The van der Waals surface area contributed by atoms with Gasteiger partial charge in [0.2, 0.25) is 5.78 Å². The molecule has 0 radical (unpaired) electrons. The van der Waals surface area contributed by atoms with Crippen LogP contribution in [0.15, 0.2) is 17.5 Å². The number of carbonyl (C=O) groups is 1. The van der Waals surface area contributed by atoms with Crippen molar-refractivity contribution in [1.29, 1.82) is 0 Å². The number of carbonyl (C=O) groups excluding carboxylic acids is 1. The molecule has 2 aromatic heterocycles. The van der Waals surface area contributed by atoms with Gasteiger partial charge in [0, 0.05) is 11.4 Å². The molecule has 0 saturated carbocycles. The van der Waals surface area contributed by atoms with E-state index in [1.165, 1.54) is 22.7 Å². The van der Waals surface area contributed by atoms with E-state index < -0.39 is 0 Å². The average Bonchev–Trinajstić information content (AvgIpc) is 2.84. The second-order valence-corrected chi connectivity index (χ2v) is 6.11. The van der Waals surface area contributed by atoms with Crippen LogP contribution in [0.2, 0.25) is 8.67 Å². The van der Waals surface area contributed by atoms with E-state index in [1.54, 1.807) is 24.6 Å². The topological polar surface area (TPSA) is 26.3 Å². The van der Waals surface area contributed by atoms with Crippen LogP contribution in [0.5, 0.6) is 5.75 Å². The van der Waals surface area contributed by atoms with Crippen LogP contribution in [-0.2, 0) is 0 Å². The Hall–Kier alpha value is -0.550. The molecule has 0 amide bonds. The van der Waals surface area contributed by atoms with Gasteiger partial charge in [-0.3, -0.25) is 4.79 Å². The van der Waals surface area contributed by atoms with Gasteiger partial charge in [-0.2, -0.15) is 0 Å². The van der Waals surface area contributed by atoms with Gasteiger partial charge in [-0.05, 0) is 6.07 Å². The van der Waals surface area contributed by atoms with Gasteiger partial charge in [-0.25, -0.2) is 0 Å². The molecule has 2 aromatic rings. The Bertz CT molecular complexity index is 531. The van der Waals surface area contributed by atoms with Crippen molar-refractivity contribution in [1.82, 2.24) is 0 Å². The van der Waals surface area contributed by atoms with E-state index in [9.17, 15) is 4.79 Å². The molecule has 0 aromatic carbocycles. The van der Waals surface area contributed by atoms with Crippen molar-refractivity contribution in [3.8, 4) is 5.75 Å². The first-order chi connectivity index (χ1) is 7.61. The van der Waals surface area contributed by atoms with Crippen molar-refractivity contribution in [3.05, 3.63) is 36.6 Å². The molecule has 16 heavy (non-hydrogen) atoms. The van der Waals surface area contributed by atoms with E-state index >= 15 is 0 Å².